The van der Waals surface area contributed by atoms with Gasteiger partial charge in [0, 0.05) is 6.54 Å². The van der Waals surface area contributed by atoms with Crippen molar-refractivity contribution in [3.63, 3.8) is 0 Å². The average molecular weight is 151 g/mol. The Balaban J connectivity index is 3.97. The van der Waals surface area contributed by atoms with Crippen LogP contribution >= 0.6 is 0 Å². The first kappa shape index (κ1) is 10.2. The molecule has 0 aliphatic rings. The van der Waals surface area contributed by atoms with Crippen LogP contribution in [0.5, 0.6) is 0 Å². The lowest BCUT2D eigenvalue weighted by molar-refractivity contribution is 1.01. The lowest BCUT2D eigenvalue weighted by Crippen LogP contribution is -2.01. The van der Waals surface area contributed by atoms with Gasteiger partial charge in [-0.15, -0.1) is 0 Å². The molecule has 62 valence electrons. The molecule has 0 radical (unpaired) electrons. The van der Waals surface area contributed by atoms with Gasteiger partial charge < -0.3 is 5.73 Å². The third-order valence-corrected chi connectivity index (χ3v) is 1.43. The van der Waals surface area contributed by atoms with E-state index in [0.717, 1.165) is 12.0 Å². The highest BCUT2D eigenvalue weighted by Gasteiger charge is 1.84. The molecular weight excluding hydrogens is 134 g/mol. The Hall–Kier alpha value is -0.820. The largest absolute Gasteiger partial charge is 0.327 e. The van der Waals surface area contributed by atoms with E-state index in [1.165, 1.54) is 5.57 Å². The van der Waals surface area contributed by atoms with E-state index in [1.54, 1.807) is 0 Å². The molecule has 0 heterocycles. The van der Waals surface area contributed by atoms with Gasteiger partial charge in [-0.05, 0) is 13.3 Å². The van der Waals surface area contributed by atoms with Crippen molar-refractivity contribution in [2.75, 3.05) is 6.54 Å². The van der Waals surface area contributed by atoms with Crippen LogP contribution in [0.1, 0.15) is 20.3 Å². The first-order valence-corrected chi connectivity index (χ1v) is 3.92. The van der Waals surface area contributed by atoms with E-state index in [-0.39, 0.29) is 0 Å². The highest BCUT2D eigenvalue weighted by atomic mass is 14.5. The molecule has 0 aliphatic carbocycles. The lowest BCUT2D eigenvalue weighted by Gasteiger charge is -1.95. The molecule has 2 N–H and O–H groups in total. The minimum atomic E-state index is 0.650. The summed E-state index contributed by atoms with van der Waals surface area (Å²) < 4.78 is 0. The van der Waals surface area contributed by atoms with Gasteiger partial charge in [0.05, 0.1) is 0 Å². The second kappa shape index (κ2) is 5.93. The van der Waals surface area contributed by atoms with Crippen molar-refractivity contribution in [2.45, 2.75) is 20.3 Å². The zero-order chi connectivity index (χ0) is 8.69. The van der Waals surface area contributed by atoms with Crippen LogP contribution in [-0.4, -0.2) is 6.54 Å². The van der Waals surface area contributed by atoms with Gasteiger partial charge in [-0.2, -0.15) is 0 Å². The summed E-state index contributed by atoms with van der Waals surface area (Å²) >= 11 is 0. The fraction of sp³-hybridized carbons (Fsp3) is 0.400. The third-order valence-electron chi connectivity index (χ3n) is 1.43. The van der Waals surface area contributed by atoms with E-state index in [0.29, 0.717) is 6.54 Å². The summed E-state index contributed by atoms with van der Waals surface area (Å²) in [7, 11) is 0. The van der Waals surface area contributed by atoms with Gasteiger partial charge in [0.25, 0.3) is 0 Å². The molecule has 0 rings (SSSR count). The van der Waals surface area contributed by atoms with Gasteiger partial charge in [-0.25, -0.2) is 0 Å². The van der Waals surface area contributed by atoms with Crippen molar-refractivity contribution in [3.05, 3.63) is 36.0 Å². The Kier molecular flexibility index (Phi) is 5.49. The van der Waals surface area contributed by atoms with Crippen molar-refractivity contribution in [1.82, 2.24) is 0 Å². The van der Waals surface area contributed by atoms with Crippen LogP contribution in [0.25, 0.3) is 0 Å². The monoisotopic (exact) mass is 151 g/mol. The van der Waals surface area contributed by atoms with Crippen LogP contribution in [0, 0.1) is 0 Å². The summed E-state index contributed by atoms with van der Waals surface area (Å²) in [5.41, 5.74) is 7.81. The molecule has 0 bridgehead atoms. The molecule has 0 aromatic carbocycles. The SMILES string of the molecule is C=C(C)/C=C\C=C(\CC)CN. The molecule has 0 saturated heterocycles. The zero-order valence-corrected chi connectivity index (χ0v) is 7.43. The van der Waals surface area contributed by atoms with Gasteiger partial charge >= 0.3 is 0 Å². The normalized spacial score (nSPS) is 12.5. The van der Waals surface area contributed by atoms with Crippen LogP contribution in [0.2, 0.25) is 0 Å². The molecule has 0 aromatic rings. The molecule has 0 amide bonds. The molecule has 0 unspecified atom stereocenters. The number of allylic oxidation sites excluding steroid dienone is 4. The molecular formula is C10H17N. The van der Waals surface area contributed by atoms with Crippen LogP contribution < -0.4 is 5.73 Å². The predicted octanol–water partition coefficient (Wildman–Crippen LogP) is 2.41. The summed E-state index contributed by atoms with van der Waals surface area (Å²) in [6, 6.07) is 0. The van der Waals surface area contributed by atoms with Gasteiger partial charge in [0.2, 0.25) is 0 Å². The maximum absolute atomic E-state index is 5.48. The average Bonchev–Trinajstić information content (AvgIpc) is 1.98. The maximum atomic E-state index is 5.48. The summed E-state index contributed by atoms with van der Waals surface area (Å²) in [5, 5.41) is 0. The highest BCUT2D eigenvalue weighted by Crippen LogP contribution is 1.98. The van der Waals surface area contributed by atoms with Gasteiger partial charge in [-0.3, -0.25) is 0 Å². The minimum Gasteiger partial charge on any atom is -0.327 e. The molecule has 11 heavy (non-hydrogen) atoms. The van der Waals surface area contributed by atoms with E-state index in [2.05, 4.69) is 19.6 Å². The quantitative estimate of drug-likeness (QED) is 0.613. The Bertz CT molecular complexity index is 169. The van der Waals surface area contributed by atoms with Gasteiger partial charge in [-0.1, -0.05) is 42.9 Å². The zero-order valence-electron chi connectivity index (χ0n) is 7.43. The molecule has 0 aliphatic heterocycles. The smallest absolute Gasteiger partial charge is 0.0139 e. The third kappa shape index (κ3) is 5.62. The van der Waals surface area contributed by atoms with Crippen molar-refractivity contribution < 1.29 is 0 Å². The first-order valence-electron chi connectivity index (χ1n) is 3.92. The first-order chi connectivity index (χ1) is 5.20. The topological polar surface area (TPSA) is 26.0 Å². The molecule has 0 spiro atoms. The Morgan fingerprint density at radius 2 is 2.18 bits per heavy atom. The van der Waals surface area contributed by atoms with Crippen molar-refractivity contribution in [3.8, 4) is 0 Å². The van der Waals surface area contributed by atoms with E-state index in [9.17, 15) is 0 Å². The Morgan fingerprint density at radius 1 is 1.55 bits per heavy atom. The maximum Gasteiger partial charge on any atom is 0.0139 e. The predicted molar refractivity (Wildman–Crippen MR) is 51.4 cm³/mol. The summed E-state index contributed by atoms with van der Waals surface area (Å²) in [6.07, 6.45) is 7.05. The van der Waals surface area contributed by atoms with E-state index >= 15 is 0 Å². The molecule has 0 saturated carbocycles. The van der Waals surface area contributed by atoms with Crippen molar-refractivity contribution in [1.29, 1.82) is 0 Å². The van der Waals surface area contributed by atoms with Gasteiger partial charge in [0.1, 0.15) is 0 Å². The lowest BCUT2D eigenvalue weighted by atomic mass is 10.2. The number of nitrogens with two attached hydrogens (primary N) is 1. The number of rotatable bonds is 4. The molecule has 1 nitrogen and oxygen atoms in total. The van der Waals surface area contributed by atoms with Crippen LogP contribution in [0.3, 0.4) is 0 Å². The van der Waals surface area contributed by atoms with Gasteiger partial charge in [0.15, 0.2) is 0 Å². The number of hydrogen-bond acceptors (Lipinski definition) is 1. The van der Waals surface area contributed by atoms with Crippen molar-refractivity contribution in [2.24, 2.45) is 5.73 Å². The molecule has 0 fully saturated rings. The second-order valence-corrected chi connectivity index (χ2v) is 2.59. The van der Waals surface area contributed by atoms with E-state index < -0.39 is 0 Å². The fourth-order valence-corrected chi connectivity index (χ4v) is 0.679. The molecule has 0 atom stereocenters. The van der Waals surface area contributed by atoms with Crippen LogP contribution in [-0.2, 0) is 0 Å². The van der Waals surface area contributed by atoms with E-state index in [1.807, 2.05) is 19.1 Å². The highest BCUT2D eigenvalue weighted by molar-refractivity contribution is 5.20. The van der Waals surface area contributed by atoms with E-state index in [4.69, 9.17) is 5.73 Å². The molecule has 0 aromatic heterocycles. The minimum absolute atomic E-state index is 0.650. The Morgan fingerprint density at radius 3 is 2.55 bits per heavy atom. The fourth-order valence-electron chi connectivity index (χ4n) is 0.679. The van der Waals surface area contributed by atoms with Crippen molar-refractivity contribution >= 4 is 0 Å². The Labute approximate surface area is 69.3 Å². The summed E-state index contributed by atoms with van der Waals surface area (Å²) in [4.78, 5) is 0. The summed E-state index contributed by atoms with van der Waals surface area (Å²) in [5.74, 6) is 0. The standard InChI is InChI=1S/C10H17N/c1-4-10(8-11)7-5-6-9(2)3/h5-7H,2,4,8,11H2,1,3H3/b6-5-,10-7-. The molecule has 1 heteroatoms. The second-order valence-electron chi connectivity index (χ2n) is 2.59. The van der Waals surface area contributed by atoms with Crippen LogP contribution in [0.4, 0.5) is 0 Å². The number of hydrogen-bond donors (Lipinski definition) is 1. The van der Waals surface area contributed by atoms with Crippen LogP contribution in [0.15, 0.2) is 36.0 Å². The summed E-state index contributed by atoms with van der Waals surface area (Å²) in [6.45, 7) is 8.48.